The number of nitrogens with zero attached hydrogens (tertiary/aromatic N) is 2. The first kappa shape index (κ1) is 21.3. The molecule has 0 aliphatic carbocycles. The van der Waals surface area contributed by atoms with Gasteiger partial charge in [-0.3, -0.25) is 14.9 Å². The molecule has 28 heavy (non-hydrogen) atoms. The maximum Gasteiger partial charge on any atom is 0.326 e. The predicted molar refractivity (Wildman–Crippen MR) is 101 cm³/mol. The Balaban J connectivity index is 2.18. The topological polar surface area (TPSA) is 116 Å². The van der Waals surface area contributed by atoms with Crippen LogP contribution in [0.5, 0.6) is 11.5 Å². The molecule has 0 heterocycles. The van der Waals surface area contributed by atoms with Crippen LogP contribution in [0.2, 0.25) is 0 Å². The van der Waals surface area contributed by atoms with Crippen LogP contribution in [0.1, 0.15) is 11.1 Å². The summed E-state index contributed by atoms with van der Waals surface area (Å²) in [7, 11) is -1.35. The third kappa shape index (κ3) is 4.65. The van der Waals surface area contributed by atoms with Crippen molar-refractivity contribution in [3.05, 3.63) is 57.6 Å². The van der Waals surface area contributed by atoms with Gasteiger partial charge in [0.05, 0.1) is 23.0 Å². The zero-order chi connectivity index (χ0) is 21.1. The summed E-state index contributed by atoms with van der Waals surface area (Å²) in [6.45, 7) is 3.03. The molecule has 0 aliphatic heterocycles. The first-order valence-corrected chi connectivity index (χ1v) is 9.57. The van der Waals surface area contributed by atoms with Crippen molar-refractivity contribution in [3.8, 4) is 11.5 Å². The van der Waals surface area contributed by atoms with Crippen LogP contribution in [-0.4, -0.2) is 44.3 Å². The number of esters is 1. The summed E-state index contributed by atoms with van der Waals surface area (Å²) in [5.74, 6) is -1.03. The number of benzene rings is 2. The van der Waals surface area contributed by atoms with E-state index < -0.39 is 33.1 Å². The minimum absolute atomic E-state index is 0.0429. The fourth-order valence-electron chi connectivity index (χ4n) is 2.33. The highest BCUT2D eigenvalue weighted by Crippen LogP contribution is 2.31. The van der Waals surface area contributed by atoms with Gasteiger partial charge < -0.3 is 9.47 Å². The summed E-state index contributed by atoms with van der Waals surface area (Å²) >= 11 is 0. The Hall–Kier alpha value is -2.98. The SMILES string of the molecule is COc1ccc(OC(=O)CN(C)S(=O)(=O)c2ccc(C)c(C)c2)c([N+](=O)[O-])c1. The van der Waals surface area contributed by atoms with Crippen molar-refractivity contribution in [3.63, 3.8) is 0 Å². The van der Waals surface area contributed by atoms with Crippen molar-refractivity contribution in [2.24, 2.45) is 0 Å². The largest absolute Gasteiger partial charge is 0.496 e. The van der Waals surface area contributed by atoms with E-state index in [1.54, 1.807) is 13.0 Å². The second-order valence-electron chi connectivity index (χ2n) is 6.07. The Morgan fingerprint density at radius 3 is 2.39 bits per heavy atom. The number of nitro groups is 1. The predicted octanol–water partition coefficient (Wildman–Crippen LogP) is 2.45. The monoisotopic (exact) mass is 408 g/mol. The van der Waals surface area contributed by atoms with Gasteiger partial charge in [-0.2, -0.15) is 4.31 Å². The molecule has 10 heteroatoms. The number of carbonyl (C=O) groups excluding carboxylic acids is 1. The fraction of sp³-hybridized carbons (Fsp3) is 0.278. The molecule has 0 atom stereocenters. The molecule has 2 rings (SSSR count). The molecular weight excluding hydrogens is 388 g/mol. The number of nitro benzene ring substituents is 1. The fourth-order valence-corrected chi connectivity index (χ4v) is 3.53. The van der Waals surface area contributed by atoms with E-state index in [4.69, 9.17) is 9.47 Å². The summed E-state index contributed by atoms with van der Waals surface area (Å²) < 4.78 is 36.0. The number of carbonyl (C=O) groups is 1. The average Bonchev–Trinajstić information content (AvgIpc) is 2.63. The summed E-state index contributed by atoms with van der Waals surface area (Å²) in [4.78, 5) is 22.6. The summed E-state index contributed by atoms with van der Waals surface area (Å²) in [5.41, 5.74) is 1.27. The Kier molecular flexibility index (Phi) is 6.37. The summed E-state index contributed by atoms with van der Waals surface area (Å²) in [5, 5.41) is 11.1. The molecule has 150 valence electrons. The van der Waals surface area contributed by atoms with Crippen molar-refractivity contribution < 1.29 is 27.6 Å². The number of rotatable bonds is 7. The second kappa shape index (κ2) is 8.36. The van der Waals surface area contributed by atoms with Crippen LogP contribution >= 0.6 is 0 Å². The number of methoxy groups -OCH3 is 1. The molecule has 0 saturated heterocycles. The van der Waals surface area contributed by atoms with Gasteiger partial charge in [0.15, 0.2) is 0 Å². The standard InChI is InChI=1S/C18H20N2O7S/c1-12-5-7-15(9-13(12)2)28(24,25)19(3)11-18(21)27-17-8-6-14(26-4)10-16(17)20(22)23/h5-10H,11H2,1-4H3. The molecule has 0 N–H and O–H groups in total. The maximum absolute atomic E-state index is 12.6. The Labute approximate surface area is 162 Å². The number of likely N-dealkylation sites (N-methyl/N-ethyl adjacent to an activating group) is 1. The molecule has 0 unspecified atom stereocenters. The summed E-state index contributed by atoms with van der Waals surface area (Å²) in [6, 6.07) is 8.36. The van der Waals surface area contributed by atoms with Gasteiger partial charge in [-0.05, 0) is 49.2 Å². The molecule has 0 saturated carbocycles. The third-order valence-corrected chi connectivity index (χ3v) is 5.92. The molecule has 0 aromatic heterocycles. The highest BCUT2D eigenvalue weighted by Gasteiger charge is 2.26. The maximum atomic E-state index is 12.6. The van der Waals surface area contributed by atoms with Gasteiger partial charge >= 0.3 is 11.7 Å². The zero-order valence-corrected chi connectivity index (χ0v) is 16.6. The molecule has 9 nitrogen and oxygen atoms in total. The van der Waals surface area contributed by atoms with Crippen molar-refractivity contribution >= 4 is 21.7 Å². The normalized spacial score (nSPS) is 11.3. The molecule has 2 aromatic carbocycles. The van der Waals surface area contributed by atoms with Crippen LogP contribution in [0.4, 0.5) is 5.69 Å². The van der Waals surface area contributed by atoms with Gasteiger partial charge in [0, 0.05) is 7.05 Å². The van der Waals surface area contributed by atoms with E-state index in [1.807, 2.05) is 6.92 Å². The average molecular weight is 408 g/mol. The Bertz CT molecular complexity index is 1020. The Morgan fingerprint density at radius 2 is 1.82 bits per heavy atom. The van der Waals surface area contributed by atoms with Crippen molar-refractivity contribution in [2.45, 2.75) is 18.7 Å². The molecule has 0 aliphatic rings. The molecule has 0 radical (unpaired) electrons. The molecule has 0 bridgehead atoms. The number of sulfonamides is 1. The Morgan fingerprint density at radius 1 is 1.14 bits per heavy atom. The van der Waals surface area contributed by atoms with Crippen LogP contribution in [0, 0.1) is 24.0 Å². The number of ether oxygens (including phenoxy) is 2. The molecule has 0 spiro atoms. The van der Waals surface area contributed by atoms with Crippen LogP contribution in [0.25, 0.3) is 0 Å². The van der Waals surface area contributed by atoms with Crippen molar-refractivity contribution in [1.29, 1.82) is 0 Å². The smallest absolute Gasteiger partial charge is 0.326 e. The lowest BCUT2D eigenvalue weighted by atomic mass is 10.1. The van der Waals surface area contributed by atoms with Crippen molar-refractivity contribution in [2.75, 3.05) is 20.7 Å². The van der Waals surface area contributed by atoms with E-state index in [0.717, 1.165) is 21.5 Å². The minimum Gasteiger partial charge on any atom is -0.496 e. The number of aryl methyl sites for hydroxylation is 2. The molecule has 2 aromatic rings. The van der Waals surface area contributed by atoms with E-state index in [-0.39, 0.29) is 16.4 Å². The van der Waals surface area contributed by atoms with Gasteiger partial charge in [-0.15, -0.1) is 0 Å². The highest BCUT2D eigenvalue weighted by molar-refractivity contribution is 7.89. The van der Waals surface area contributed by atoms with Crippen LogP contribution in [-0.2, 0) is 14.8 Å². The van der Waals surface area contributed by atoms with Crippen LogP contribution < -0.4 is 9.47 Å². The van der Waals surface area contributed by atoms with Gasteiger partial charge in [-0.1, -0.05) is 6.07 Å². The lowest BCUT2D eigenvalue weighted by Gasteiger charge is -2.17. The van der Waals surface area contributed by atoms with E-state index in [1.165, 1.54) is 38.4 Å². The van der Waals surface area contributed by atoms with Crippen LogP contribution in [0.15, 0.2) is 41.3 Å². The van der Waals surface area contributed by atoms with E-state index >= 15 is 0 Å². The third-order valence-electron chi connectivity index (χ3n) is 4.12. The van der Waals surface area contributed by atoms with Gasteiger partial charge in [0.2, 0.25) is 15.8 Å². The second-order valence-corrected chi connectivity index (χ2v) is 8.12. The minimum atomic E-state index is -3.92. The highest BCUT2D eigenvalue weighted by atomic mass is 32.2. The van der Waals surface area contributed by atoms with Crippen LogP contribution in [0.3, 0.4) is 0 Å². The van der Waals surface area contributed by atoms with Crippen molar-refractivity contribution in [1.82, 2.24) is 4.31 Å². The van der Waals surface area contributed by atoms with E-state index in [0.29, 0.717) is 0 Å². The first-order chi connectivity index (χ1) is 13.1. The lowest BCUT2D eigenvalue weighted by molar-refractivity contribution is -0.385. The lowest BCUT2D eigenvalue weighted by Crippen LogP contribution is -2.34. The van der Waals surface area contributed by atoms with Gasteiger partial charge in [0.25, 0.3) is 0 Å². The van der Waals surface area contributed by atoms with E-state index in [9.17, 15) is 23.3 Å². The number of hydrogen-bond donors (Lipinski definition) is 0. The van der Waals surface area contributed by atoms with Gasteiger partial charge in [-0.25, -0.2) is 8.42 Å². The van der Waals surface area contributed by atoms with Gasteiger partial charge in [0.1, 0.15) is 12.3 Å². The quantitative estimate of drug-likeness (QED) is 0.299. The molecular formula is C18H20N2O7S. The number of hydrogen-bond acceptors (Lipinski definition) is 7. The molecule has 0 amide bonds. The summed E-state index contributed by atoms with van der Waals surface area (Å²) in [6.07, 6.45) is 0. The zero-order valence-electron chi connectivity index (χ0n) is 15.8. The van der Waals surface area contributed by atoms with E-state index in [2.05, 4.69) is 0 Å². The molecule has 0 fully saturated rings. The first-order valence-electron chi connectivity index (χ1n) is 8.13.